The maximum atomic E-state index is 14.1. The van der Waals surface area contributed by atoms with Gasteiger partial charge in [-0.2, -0.15) is 0 Å². The number of esters is 6. The van der Waals surface area contributed by atoms with E-state index >= 15 is 0 Å². The fourth-order valence-corrected chi connectivity index (χ4v) is 11.2. The summed E-state index contributed by atoms with van der Waals surface area (Å²) in [6.45, 7) is 4.12. The summed E-state index contributed by atoms with van der Waals surface area (Å²) in [7, 11) is 0. The van der Waals surface area contributed by atoms with Crippen molar-refractivity contribution in [1.82, 2.24) is 4.98 Å². The quantitative estimate of drug-likeness (QED) is 0.0615. The first-order valence-corrected chi connectivity index (χ1v) is 25.2. The zero-order valence-electron chi connectivity index (χ0n) is 39.5. The molecule has 4 aliphatic rings. The summed E-state index contributed by atoms with van der Waals surface area (Å²) < 4.78 is 53.8. The van der Waals surface area contributed by atoms with Crippen molar-refractivity contribution in [2.45, 2.75) is 130 Å². The molecule has 2 aromatic heterocycles. The largest absolute Gasteiger partial charge is 0.453 e. The minimum atomic E-state index is -1.09. The van der Waals surface area contributed by atoms with Crippen molar-refractivity contribution in [3.8, 4) is 22.3 Å². The van der Waals surface area contributed by atoms with E-state index < -0.39 is 78.4 Å². The number of furan rings is 1. The van der Waals surface area contributed by atoms with Crippen molar-refractivity contribution in [1.29, 1.82) is 0 Å². The Kier molecular flexibility index (Phi) is 16.1. The predicted molar refractivity (Wildman–Crippen MR) is 248 cm³/mol. The third-order valence-electron chi connectivity index (χ3n) is 14.6. The van der Waals surface area contributed by atoms with Crippen LogP contribution >= 0.6 is 11.3 Å². The van der Waals surface area contributed by atoms with Crippen molar-refractivity contribution >= 4 is 79.9 Å². The van der Waals surface area contributed by atoms with Crippen LogP contribution in [0.5, 0.6) is 11.5 Å². The van der Waals surface area contributed by atoms with Crippen LogP contribution in [0.1, 0.15) is 124 Å². The number of aromatic nitrogens is 1. The SMILES string of the molecule is CC(=O)C1CCC(C(=O)OCOC(=O)C2CCC(C(=O)Oc3ccc(OC(=O)C4CCC(C(=O)OC(C)OC(=O)C5CCC(C(C)=O)CC5)CC4)c4nc(-c5cc6ccc(F)cc6o5)sc34)CC2)CC1. The molecule has 8 rings (SSSR count). The molecule has 0 spiro atoms. The van der Waals surface area contributed by atoms with Crippen LogP contribution in [0, 0.1) is 53.2 Å². The van der Waals surface area contributed by atoms with Crippen LogP contribution in [0.3, 0.4) is 0 Å². The minimum Gasteiger partial charge on any atom is -0.453 e. The van der Waals surface area contributed by atoms with E-state index in [2.05, 4.69) is 0 Å². The Morgan fingerprint density at radius 3 is 1.46 bits per heavy atom. The fraction of sp³-hybridized carbons (Fsp3) is 0.558. The van der Waals surface area contributed by atoms with Gasteiger partial charge >= 0.3 is 35.8 Å². The van der Waals surface area contributed by atoms with Gasteiger partial charge in [0.1, 0.15) is 33.2 Å². The highest BCUT2D eigenvalue weighted by atomic mass is 32.1. The number of hydrogen-bond acceptors (Lipinski definition) is 17. The van der Waals surface area contributed by atoms with Crippen molar-refractivity contribution < 1.29 is 75.6 Å². The number of ketones is 2. The predicted octanol–water partition coefficient (Wildman–Crippen LogP) is 9.54. The number of halogens is 1. The Morgan fingerprint density at radius 2 is 0.986 bits per heavy atom. The third kappa shape index (κ3) is 12.1. The summed E-state index contributed by atoms with van der Waals surface area (Å²) >= 11 is 1.13. The average molecular weight is 988 g/mol. The highest BCUT2D eigenvalue weighted by Gasteiger charge is 2.37. The molecule has 374 valence electrons. The van der Waals surface area contributed by atoms with Gasteiger partial charge in [0, 0.05) is 30.2 Å². The zero-order chi connectivity index (χ0) is 49.6. The molecule has 18 heteroatoms. The van der Waals surface area contributed by atoms with Crippen LogP contribution in [0.25, 0.3) is 32.0 Å². The van der Waals surface area contributed by atoms with Crippen molar-refractivity contribution in [3.05, 3.63) is 42.2 Å². The molecule has 0 N–H and O–H groups in total. The summed E-state index contributed by atoms with van der Waals surface area (Å²) in [5.41, 5.74) is 0.533. The molecule has 4 aliphatic carbocycles. The first-order valence-electron chi connectivity index (χ1n) is 24.4. The van der Waals surface area contributed by atoms with Gasteiger partial charge < -0.3 is 32.8 Å². The normalized spacial score (nSPS) is 25.3. The molecule has 4 fully saturated rings. The topological polar surface area (TPSA) is 218 Å². The molecule has 2 aromatic carbocycles. The average Bonchev–Trinajstić information content (AvgIpc) is 4.00. The maximum Gasteiger partial charge on any atom is 0.314 e. The molecular weight excluding hydrogens is 930 g/mol. The Labute approximate surface area is 407 Å². The molecule has 2 heterocycles. The summed E-state index contributed by atoms with van der Waals surface area (Å²) in [6, 6.07) is 8.88. The van der Waals surface area contributed by atoms with Crippen LogP contribution in [-0.4, -0.2) is 65.4 Å². The van der Waals surface area contributed by atoms with E-state index in [1.165, 1.54) is 31.2 Å². The number of benzene rings is 2. The Morgan fingerprint density at radius 1 is 0.571 bits per heavy atom. The number of hydrogen-bond donors (Lipinski definition) is 0. The van der Waals surface area contributed by atoms with Gasteiger partial charge in [0.15, 0.2) is 22.3 Å². The monoisotopic (exact) mass is 987 g/mol. The first-order chi connectivity index (χ1) is 33.6. The maximum absolute atomic E-state index is 14.1. The number of Topliss-reactive ketones (excluding diaryl/α,β-unsaturated/α-hetero) is 2. The summed E-state index contributed by atoms with van der Waals surface area (Å²) in [6.07, 6.45) is 6.37. The number of carbonyl (C=O) groups excluding carboxylic acids is 8. The fourth-order valence-electron chi connectivity index (χ4n) is 10.2. The van der Waals surface area contributed by atoms with Crippen LogP contribution in [0.4, 0.5) is 4.39 Å². The van der Waals surface area contributed by atoms with E-state index in [1.807, 2.05) is 0 Å². The molecule has 0 aliphatic heterocycles. The van der Waals surface area contributed by atoms with Gasteiger partial charge in [-0.3, -0.25) is 38.4 Å². The standard InChI is InChI=1S/C52H58FNO15S/c1-27(55)30-4-8-32(9-5-30)47(57)63-26-64-48(58)33-12-14-37(15-13-33)52(62)69-41-23-22-40(44-45(41)70-46(54-44)43-24-38-20-21-39(53)25-42(38)67-43)68-51(61)36-18-16-35(17-19-36)50(60)66-29(3)65-49(59)34-10-6-31(7-11-34)28(2)56/h20-25,29-37H,4-19,26H2,1-3H3. The highest BCUT2D eigenvalue weighted by molar-refractivity contribution is 7.22. The number of thiazole rings is 1. The van der Waals surface area contributed by atoms with Gasteiger partial charge in [0.2, 0.25) is 13.1 Å². The lowest BCUT2D eigenvalue weighted by Crippen LogP contribution is -2.33. The van der Waals surface area contributed by atoms with E-state index in [9.17, 15) is 42.7 Å². The lowest BCUT2D eigenvalue weighted by atomic mass is 9.80. The Hall–Kier alpha value is -6.04. The van der Waals surface area contributed by atoms with Crippen molar-refractivity contribution in [3.63, 3.8) is 0 Å². The third-order valence-corrected chi connectivity index (χ3v) is 15.7. The van der Waals surface area contributed by atoms with Gasteiger partial charge in [-0.1, -0.05) is 0 Å². The number of rotatable bonds is 15. The molecule has 0 amide bonds. The number of carbonyl (C=O) groups is 8. The van der Waals surface area contributed by atoms with E-state index in [0.717, 1.165) is 11.3 Å². The smallest absolute Gasteiger partial charge is 0.314 e. The molecule has 0 radical (unpaired) electrons. The molecule has 70 heavy (non-hydrogen) atoms. The summed E-state index contributed by atoms with van der Waals surface area (Å²) in [4.78, 5) is 107. The number of ether oxygens (including phenoxy) is 6. The molecule has 16 nitrogen and oxygen atoms in total. The molecule has 4 aromatic rings. The van der Waals surface area contributed by atoms with Crippen LogP contribution < -0.4 is 9.47 Å². The summed E-state index contributed by atoms with van der Waals surface area (Å²) in [5, 5.41) is 0.995. The van der Waals surface area contributed by atoms with E-state index in [1.54, 1.807) is 26.0 Å². The Bertz CT molecular complexity index is 2620. The summed E-state index contributed by atoms with van der Waals surface area (Å²) in [5.74, 6) is -5.44. The first kappa shape index (κ1) is 50.4. The lowest BCUT2D eigenvalue weighted by Gasteiger charge is -2.28. The van der Waals surface area contributed by atoms with Crippen LogP contribution in [0.2, 0.25) is 0 Å². The molecule has 0 bridgehead atoms. The van der Waals surface area contributed by atoms with E-state index in [0.29, 0.717) is 129 Å². The van der Waals surface area contributed by atoms with Crippen LogP contribution in [-0.2, 0) is 57.3 Å². The van der Waals surface area contributed by atoms with Gasteiger partial charge in [0.25, 0.3) is 0 Å². The zero-order valence-corrected chi connectivity index (χ0v) is 40.4. The second-order valence-corrected chi connectivity index (χ2v) is 20.3. The van der Waals surface area contributed by atoms with Gasteiger partial charge in [-0.25, -0.2) is 9.37 Å². The van der Waals surface area contributed by atoms with Gasteiger partial charge in [-0.15, -0.1) is 11.3 Å². The number of fused-ring (bicyclic) bond motifs is 2. The Balaban J connectivity index is 0.856. The molecule has 1 atom stereocenters. The number of nitrogens with zero attached hydrogens (tertiary/aromatic N) is 1. The van der Waals surface area contributed by atoms with Crippen LogP contribution in [0.15, 0.2) is 40.8 Å². The van der Waals surface area contributed by atoms with E-state index in [4.69, 9.17) is 37.8 Å². The van der Waals surface area contributed by atoms with Gasteiger partial charge in [0.05, 0.1) is 35.5 Å². The second-order valence-electron chi connectivity index (χ2n) is 19.3. The van der Waals surface area contributed by atoms with Crippen molar-refractivity contribution in [2.24, 2.45) is 47.3 Å². The van der Waals surface area contributed by atoms with E-state index in [-0.39, 0.29) is 52.3 Å². The molecular formula is C52H58FNO15S. The molecule has 4 saturated carbocycles. The second kappa shape index (κ2) is 22.4. The lowest BCUT2D eigenvalue weighted by molar-refractivity contribution is -0.192. The van der Waals surface area contributed by atoms with Crippen molar-refractivity contribution in [2.75, 3.05) is 6.79 Å². The molecule has 1 unspecified atom stereocenters. The van der Waals surface area contributed by atoms with Gasteiger partial charge in [-0.05, 0) is 147 Å². The highest BCUT2D eigenvalue weighted by Crippen LogP contribution is 2.44. The minimum absolute atomic E-state index is 0.0298. The molecule has 0 saturated heterocycles.